The van der Waals surface area contributed by atoms with Crippen molar-refractivity contribution in [2.75, 3.05) is 5.32 Å². The number of anilines is 1. The summed E-state index contributed by atoms with van der Waals surface area (Å²) in [6, 6.07) is 21.1. The fraction of sp³-hybridized carbons (Fsp3) is 0. The molecule has 1 N–H and O–H groups in total. The molecule has 0 aliphatic heterocycles. The van der Waals surface area contributed by atoms with Crippen LogP contribution in [0.3, 0.4) is 0 Å². The second kappa shape index (κ2) is 7.20. The highest BCUT2D eigenvalue weighted by Crippen LogP contribution is 2.35. The van der Waals surface area contributed by atoms with Crippen molar-refractivity contribution in [1.82, 2.24) is 4.57 Å². The van der Waals surface area contributed by atoms with Gasteiger partial charge in [-0.25, -0.2) is 0 Å². The van der Waals surface area contributed by atoms with E-state index in [9.17, 15) is 4.79 Å². The predicted octanol–water partition coefficient (Wildman–Crippen LogP) is 6.11. The average molecular weight is 379 g/mol. The molecule has 2 heterocycles. The quantitative estimate of drug-likeness (QED) is 0.456. The predicted molar refractivity (Wildman–Crippen MR) is 108 cm³/mol. The number of nitrogens with one attached hydrogen (secondary N) is 1. The largest absolute Gasteiger partial charge is 0.322 e. The van der Waals surface area contributed by atoms with Crippen molar-refractivity contribution in [3.05, 3.63) is 94.4 Å². The number of hydrogen-bond acceptors (Lipinski definition) is 2. The topological polar surface area (TPSA) is 34.0 Å². The lowest BCUT2D eigenvalue weighted by atomic mass is 10.1. The van der Waals surface area contributed by atoms with Crippen LogP contribution >= 0.6 is 22.9 Å². The molecular weight excluding hydrogens is 364 g/mol. The van der Waals surface area contributed by atoms with Crippen molar-refractivity contribution in [3.8, 4) is 16.8 Å². The second-order valence-electron chi connectivity index (χ2n) is 5.75. The van der Waals surface area contributed by atoms with Gasteiger partial charge in [-0.1, -0.05) is 48.0 Å². The van der Waals surface area contributed by atoms with Crippen LogP contribution < -0.4 is 5.32 Å². The van der Waals surface area contributed by atoms with Crippen LogP contribution in [0.15, 0.2) is 84.5 Å². The number of carbonyl (C=O) groups excluding carboxylic acids is 1. The molecule has 0 saturated heterocycles. The van der Waals surface area contributed by atoms with E-state index >= 15 is 0 Å². The number of rotatable bonds is 4. The van der Waals surface area contributed by atoms with Crippen molar-refractivity contribution >= 4 is 34.5 Å². The molecule has 26 heavy (non-hydrogen) atoms. The minimum Gasteiger partial charge on any atom is -0.322 e. The molecule has 2 aromatic carbocycles. The van der Waals surface area contributed by atoms with Gasteiger partial charge in [0.2, 0.25) is 0 Å². The van der Waals surface area contributed by atoms with Gasteiger partial charge < -0.3 is 9.88 Å². The minimum atomic E-state index is -0.150. The van der Waals surface area contributed by atoms with Gasteiger partial charge in [0.1, 0.15) is 4.88 Å². The van der Waals surface area contributed by atoms with Crippen LogP contribution in [0.1, 0.15) is 9.67 Å². The Morgan fingerprint density at radius 2 is 1.73 bits per heavy atom. The van der Waals surface area contributed by atoms with Gasteiger partial charge in [-0.3, -0.25) is 4.79 Å². The summed E-state index contributed by atoms with van der Waals surface area (Å²) in [5.41, 5.74) is 3.67. The molecule has 3 nitrogen and oxygen atoms in total. The first-order chi connectivity index (χ1) is 12.7. The number of nitrogens with zero attached hydrogens (tertiary/aromatic N) is 1. The summed E-state index contributed by atoms with van der Waals surface area (Å²) in [5, 5.41) is 5.55. The molecule has 5 heteroatoms. The number of carbonyl (C=O) groups is 1. The third-order valence-corrected chi connectivity index (χ3v) is 5.20. The first kappa shape index (κ1) is 16.6. The molecule has 0 aliphatic carbocycles. The molecule has 0 radical (unpaired) electrons. The number of halogens is 1. The van der Waals surface area contributed by atoms with Gasteiger partial charge in [-0.2, -0.15) is 0 Å². The van der Waals surface area contributed by atoms with Crippen LogP contribution in [0.5, 0.6) is 0 Å². The van der Waals surface area contributed by atoms with E-state index in [1.807, 2.05) is 76.9 Å². The highest BCUT2D eigenvalue weighted by molar-refractivity contribution is 7.13. The van der Waals surface area contributed by atoms with E-state index in [1.54, 1.807) is 12.1 Å². The van der Waals surface area contributed by atoms with Gasteiger partial charge in [-0.15, -0.1) is 11.3 Å². The van der Waals surface area contributed by atoms with Gasteiger partial charge >= 0.3 is 0 Å². The maximum atomic E-state index is 12.9. The van der Waals surface area contributed by atoms with E-state index in [1.165, 1.54) is 11.3 Å². The molecule has 2 aromatic heterocycles. The number of amides is 1. The Labute approximate surface area is 160 Å². The summed E-state index contributed by atoms with van der Waals surface area (Å²) >= 11 is 7.45. The van der Waals surface area contributed by atoms with Gasteiger partial charge in [0.25, 0.3) is 5.91 Å². The average Bonchev–Trinajstić information content (AvgIpc) is 3.32. The molecule has 0 saturated carbocycles. The molecule has 0 aliphatic rings. The van der Waals surface area contributed by atoms with E-state index in [2.05, 4.69) is 5.32 Å². The highest BCUT2D eigenvalue weighted by Gasteiger charge is 2.20. The lowest BCUT2D eigenvalue weighted by Gasteiger charge is -2.10. The maximum absolute atomic E-state index is 12.9. The minimum absolute atomic E-state index is 0.150. The van der Waals surface area contributed by atoms with Gasteiger partial charge in [0, 0.05) is 34.0 Å². The fourth-order valence-corrected chi connectivity index (χ4v) is 3.99. The molecule has 128 valence electrons. The third kappa shape index (κ3) is 3.29. The van der Waals surface area contributed by atoms with E-state index < -0.39 is 0 Å². The van der Waals surface area contributed by atoms with Gasteiger partial charge in [0.15, 0.2) is 0 Å². The highest BCUT2D eigenvalue weighted by atomic mass is 35.5. The Bertz CT molecular complexity index is 1040. The molecular formula is C21H15ClN2OS. The Morgan fingerprint density at radius 3 is 2.46 bits per heavy atom. The summed E-state index contributed by atoms with van der Waals surface area (Å²) in [5.74, 6) is -0.150. The SMILES string of the molecule is O=C(Nc1cccc(Cl)c1)c1scc(-c2ccccc2)c1-n1cccc1. The van der Waals surface area contributed by atoms with Crippen LogP contribution in [0.2, 0.25) is 5.02 Å². The van der Waals surface area contributed by atoms with Crippen molar-refractivity contribution in [1.29, 1.82) is 0 Å². The summed E-state index contributed by atoms with van der Waals surface area (Å²) < 4.78 is 1.98. The lowest BCUT2D eigenvalue weighted by Crippen LogP contribution is -2.12. The fourth-order valence-electron chi connectivity index (χ4n) is 2.83. The van der Waals surface area contributed by atoms with Crippen LogP contribution in [-0.4, -0.2) is 10.5 Å². The first-order valence-corrected chi connectivity index (χ1v) is 9.35. The molecule has 1 amide bonds. The molecule has 0 spiro atoms. The Balaban J connectivity index is 1.77. The Hall–Kier alpha value is -2.82. The Morgan fingerprint density at radius 1 is 0.962 bits per heavy atom. The van der Waals surface area contributed by atoms with E-state index in [0.29, 0.717) is 15.6 Å². The Kier molecular flexibility index (Phi) is 4.61. The van der Waals surface area contributed by atoms with Crippen molar-refractivity contribution < 1.29 is 4.79 Å². The molecule has 0 fully saturated rings. The monoisotopic (exact) mass is 378 g/mol. The normalized spacial score (nSPS) is 10.7. The van der Waals surface area contributed by atoms with Gasteiger partial charge in [-0.05, 0) is 35.9 Å². The lowest BCUT2D eigenvalue weighted by molar-refractivity contribution is 0.103. The van der Waals surface area contributed by atoms with Crippen molar-refractivity contribution in [3.63, 3.8) is 0 Å². The zero-order valence-electron chi connectivity index (χ0n) is 13.7. The van der Waals surface area contributed by atoms with Crippen LogP contribution in [0.25, 0.3) is 16.8 Å². The molecule has 0 bridgehead atoms. The van der Waals surface area contributed by atoms with E-state index in [0.717, 1.165) is 16.8 Å². The maximum Gasteiger partial charge on any atom is 0.267 e. The number of benzene rings is 2. The summed E-state index contributed by atoms with van der Waals surface area (Å²) in [6.45, 7) is 0. The van der Waals surface area contributed by atoms with Crippen LogP contribution in [-0.2, 0) is 0 Å². The zero-order chi connectivity index (χ0) is 17.9. The standard InChI is InChI=1S/C21H15ClN2OS/c22-16-9-6-10-17(13-16)23-21(25)20-19(24-11-4-5-12-24)18(14-26-20)15-7-2-1-3-8-15/h1-14H,(H,23,25). The third-order valence-electron chi connectivity index (χ3n) is 4.00. The second-order valence-corrected chi connectivity index (χ2v) is 7.06. The summed E-state index contributed by atoms with van der Waals surface area (Å²) in [6.07, 6.45) is 3.90. The summed E-state index contributed by atoms with van der Waals surface area (Å²) in [4.78, 5) is 13.6. The van der Waals surface area contributed by atoms with Gasteiger partial charge in [0.05, 0.1) is 5.69 Å². The van der Waals surface area contributed by atoms with E-state index in [4.69, 9.17) is 11.6 Å². The number of thiophene rings is 1. The number of hydrogen-bond donors (Lipinski definition) is 1. The smallest absolute Gasteiger partial charge is 0.267 e. The first-order valence-electron chi connectivity index (χ1n) is 8.09. The van der Waals surface area contributed by atoms with Crippen LogP contribution in [0.4, 0.5) is 5.69 Å². The molecule has 4 aromatic rings. The van der Waals surface area contributed by atoms with Crippen molar-refractivity contribution in [2.24, 2.45) is 0 Å². The molecule has 4 rings (SSSR count). The zero-order valence-corrected chi connectivity index (χ0v) is 15.3. The van der Waals surface area contributed by atoms with E-state index in [-0.39, 0.29) is 5.91 Å². The summed E-state index contributed by atoms with van der Waals surface area (Å²) in [7, 11) is 0. The molecule has 0 atom stereocenters. The van der Waals surface area contributed by atoms with Crippen molar-refractivity contribution in [2.45, 2.75) is 0 Å². The molecule has 0 unspecified atom stereocenters. The number of aromatic nitrogens is 1. The van der Waals surface area contributed by atoms with Crippen LogP contribution in [0, 0.1) is 0 Å².